The lowest BCUT2D eigenvalue weighted by Gasteiger charge is -2.11. The summed E-state index contributed by atoms with van der Waals surface area (Å²) in [5.41, 5.74) is 6.88. The van der Waals surface area contributed by atoms with Crippen molar-refractivity contribution >= 4 is 52.0 Å². The second kappa shape index (κ2) is 6.17. The minimum atomic E-state index is -0.392. The monoisotopic (exact) mass is 325 g/mol. The Kier molecular flexibility index (Phi) is 4.54. The Morgan fingerprint density at radius 1 is 1.25 bits per heavy atom. The largest absolute Gasteiger partial charge is 0.389 e. The van der Waals surface area contributed by atoms with Crippen molar-refractivity contribution in [3.8, 4) is 0 Å². The molecule has 7 heteroatoms. The Labute approximate surface area is 130 Å². The molecule has 20 heavy (non-hydrogen) atoms. The first kappa shape index (κ1) is 14.7. The fourth-order valence-electron chi connectivity index (χ4n) is 1.58. The number of rotatable bonds is 3. The number of hydrogen-bond donors (Lipinski definition) is 2. The normalized spacial score (nSPS) is 10.1. The van der Waals surface area contributed by atoms with Crippen molar-refractivity contribution in [3.63, 3.8) is 0 Å². The molecular weight excluding hydrogens is 317 g/mol. The number of nitrogens with one attached hydrogen (secondary N) is 1. The molecule has 0 aliphatic carbocycles. The van der Waals surface area contributed by atoms with Gasteiger partial charge in [-0.3, -0.25) is 9.78 Å². The van der Waals surface area contributed by atoms with Crippen LogP contribution >= 0.6 is 35.4 Å². The molecule has 0 saturated carbocycles. The van der Waals surface area contributed by atoms with Crippen molar-refractivity contribution in [2.45, 2.75) is 0 Å². The molecule has 0 radical (unpaired) electrons. The summed E-state index contributed by atoms with van der Waals surface area (Å²) in [5.74, 6) is -0.392. The topological polar surface area (TPSA) is 68.0 Å². The van der Waals surface area contributed by atoms with Crippen LogP contribution in [0.3, 0.4) is 0 Å². The summed E-state index contributed by atoms with van der Waals surface area (Å²) in [4.78, 5) is 16.2. The molecule has 1 heterocycles. The van der Waals surface area contributed by atoms with E-state index < -0.39 is 5.91 Å². The summed E-state index contributed by atoms with van der Waals surface area (Å²) in [5, 5.41) is 3.40. The van der Waals surface area contributed by atoms with Crippen LogP contribution in [0.2, 0.25) is 10.0 Å². The van der Waals surface area contributed by atoms with Gasteiger partial charge >= 0.3 is 0 Å². The number of amides is 1. The smallest absolute Gasteiger partial charge is 0.257 e. The van der Waals surface area contributed by atoms with E-state index in [1.54, 1.807) is 18.2 Å². The van der Waals surface area contributed by atoms with Crippen LogP contribution in [0.1, 0.15) is 15.9 Å². The van der Waals surface area contributed by atoms with Crippen LogP contribution in [-0.2, 0) is 0 Å². The van der Waals surface area contributed by atoms with E-state index in [-0.39, 0.29) is 10.0 Å². The molecule has 1 aromatic carbocycles. The molecule has 2 rings (SSSR count). The molecular formula is C13H9Cl2N3OS. The van der Waals surface area contributed by atoms with Gasteiger partial charge in [0.15, 0.2) is 0 Å². The number of aromatic nitrogens is 1. The number of nitrogens with zero attached hydrogens (tertiary/aromatic N) is 1. The second-order valence-corrected chi connectivity index (χ2v) is 5.15. The molecule has 1 aromatic heterocycles. The quantitative estimate of drug-likeness (QED) is 0.850. The van der Waals surface area contributed by atoms with Gasteiger partial charge in [-0.25, -0.2) is 0 Å². The Morgan fingerprint density at radius 3 is 2.65 bits per heavy atom. The number of pyridine rings is 1. The molecule has 1 amide bonds. The summed E-state index contributed by atoms with van der Waals surface area (Å²) in [6.45, 7) is 0. The third-order valence-corrected chi connectivity index (χ3v) is 3.27. The maximum absolute atomic E-state index is 12.2. The van der Waals surface area contributed by atoms with Crippen molar-refractivity contribution in [2.24, 2.45) is 5.73 Å². The molecule has 0 fully saturated rings. The first-order valence-electron chi connectivity index (χ1n) is 5.49. The SMILES string of the molecule is NC(=S)c1ccc(Cl)cc1NC(=O)c1ccncc1Cl. The van der Waals surface area contributed by atoms with E-state index in [0.717, 1.165) is 0 Å². The van der Waals surface area contributed by atoms with Gasteiger partial charge in [0.2, 0.25) is 0 Å². The first-order chi connectivity index (χ1) is 9.49. The summed E-state index contributed by atoms with van der Waals surface area (Å²) < 4.78 is 0. The Balaban J connectivity index is 2.35. The van der Waals surface area contributed by atoms with E-state index in [0.29, 0.717) is 21.8 Å². The fourth-order valence-corrected chi connectivity index (χ4v) is 2.14. The highest BCUT2D eigenvalue weighted by molar-refractivity contribution is 7.80. The van der Waals surface area contributed by atoms with Gasteiger partial charge < -0.3 is 11.1 Å². The lowest BCUT2D eigenvalue weighted by Crippen LogP contribution is -2.18. The standard InChI is InChI=1S/C13H9Cl2N3OS/c14-7-1-2-9(12(16)20)11(5-7)18-13(19)8-3-4-17-6-10(8)15/h1-6H,(H2,16,20)(H,18,19). The molecule has 4 nitrogen and oxygen atoms in total. The lowest BCUT2D eigenvalue weighted by molar-refractivity contribution is 0.102. The minimum absolute atomic E-state index is 0.165. The van der Waals surface area contributed by atoms with Crippen molar-refractivity contribution in [2.75, 3.05) is 5.32 Å². The number of thiocarbonyl (C=S) groups is 1. The number of halogens is 2. The van der Waals surface area contributed by atoms with Crippen LogP contribution in [-0.4, -0.2) is 15.9 Å². The zero-order valence-corrected chi connectivity index (χ0v) is 12.4. The van der Waals surface area contributed by atoms with Crippen LogP contribution in [0, 0.1) is 0 Å². The van der Waals surface area contributed by atoms with Crippen LogP contribution in [0.15, 0.2) is 36.7 Å². The molecule has 2 aromatic rings. The summed E-state index contributed by atoms with van der Waals surface area (Å²) in [6, 6.07) is 6.38. The Bertz CT molecular complexity index is 691. The molecule has 0 aliphatic heterocycles. The highest BCUT2D eigenvalue weighted by atomic mass is 35.5. The summed E-state index contributed by atoms with van der Waals surface area (Å²) >= 11 is 16.8. The number of benzene rings is 1. The van der Waals surface area contributed by atoms with Gasteiger partial charge in [-0.1, -0.05) is 35.4 Å². The fraction of sp³-hybridized carbons (Fsp3) is 0. The van der Waals surface area contributed by atoms with E-state index in [4.69, 9.17) is 41.2 Å². The number of nitrogens with two attached hydrogens (primary N) is 1. The maximum atomic E-state index is 12.2. The minimum Gasteiger partial charge on any atom is -0.389 e. The third kappa shape index (κ3) is 3.25. The number of carbonyl (C=O) groups is 1. The molecule has 3 N–H and O–H groups in total. The molecule has 0 spiro atoms. The van der Waals surface area contributed by atoms with Crippen LogP contribution in [0.5, 0.6) is 0 Å². The van der Waals surface area contributed by atoms with Gasteiger partial charge in [-0.05, 0) is 24.3 Å². The van der Waals surface area contributed by atoms with E-state index in [1.807, 2.05) is 0 Å². The highest BCUT2D eigenvalue weighted by Crippen LogP contribution is 2.23. The summed E-state index contributed by atoms with van der Waals surface area (Å²) in [6.07, 6.45) is 2.87. The van der Waals surface area contributed by atoms with E-state index in [9.17, 15) is 4.79 Å². The maximum Gasteiger partial charge on any atom is 0.257 e. The van der Waals surface area contributed by atoms with Crippen molar-refractivity contribution in [3.05, 3.63) is 57.8 Å². The molecule has 0 bridgehead atoms. The molecule has 0 atom stereocenters. The highest BCUT2D eigenvalue weighted by Gasteiger charge is 2.13. The number of carbonyl (C=O) groups excluding carboxylic acids is 1. The molecule has 0 aliphatic rings. The zero-order valence-electron chi connectivity index (χ0n) is 10.1. The van der Waals surface area contributed by atoms with Crippen molar-refractivity contribution < 1.29 is 4.79 Å². The van der Waals surface area contributed by atoms with Gasteiger partial charge in [-0.15, -0.1) is 0 Å². The van der Waals surface area contributed by atoms with Crippen molar-refractivity contribution in [1.82, 2.24) is 4.98 Å². The average Bonchev–Trinajstić information content (AvgIpc) is 2.38. The van der Waals surface area contributed by atoms with Crippen LogP contribution < -0.4 is 11.1 Å². The average molecular weight is 326 g/mol. The Morgan fingerprint density at radius 2 is 2.00 bits per heavy atom. The number of anilines is 1. The van der Waals surface area contributed by atoms with Gasteiger partial charge in [0.1, 0.15) is 4.99 Å². The third-order valence-electron chi connectivity index (χ3n) is 2.51. The molecule has 0 saturated heterocycles. The van der Waals surface area contributed by atoms with Gasteiger partial charge in [-0.2, -0.15) is 0 Å². The predicted octanol–water partition coefficient (Wildman–Crippen LogP) is 3.27. The first-order valence-corrected chi connectivity index (χ1v) is 6.65. The molecule has 0 unspecified atom stereocenters. The number of hydrogen-bond acceptors (Lipinski definition) is 3. The van der Waals surface area contributed by atoms with E-state index in [2.05, 4.69) is 10.3 Å². The van der Waals surface area contributed by atoms with Crippen LogP contribution in [0.4, 0.5) is 5.69 Å². The Hall–Kier alpha value is -1.69. The second-order valence-electron chi connectivity index (χ2n) is 3.86. The predicted molar refractivity (Wildman–Crippen MR) is 84.5 cm³/mol. The zero-order chi connectivity index (χ0) is 14.7. The van der Waals surface area contributed by atoms with E-state index >= 15 is 0 Å². The van der Waals surface area contributed by atoms with Gasteiger partial charge in [0.05, 0.1) is 16.3 Å². The van der Waals surface area contributed by atoms with Crippen molar-refractivity contribution in [1.29, 1.82) is 0 Å². The molecule has 102 valence electrons. The lowest BCUT2D eigenvalue weighted by atomic mass is 10.1. The van der Waals surface area contributed by atoms with Gasteiger partial charge in [0.25, 0.3) is 5.91 Å². The van der Waals surface area contributed by atoms with Crippen LogP contribution in [0.25, 0.3) is 0 Å². The van der Waals surface area contributed by atoms with Gasteiger partial charge in [0, 0.05) is 23.0 Å². The summed E-state index contributed by atoms with van der Waals surface area (Å²) in [7, 11) is 0. The van der Waals surface area contributed by atoms with E-state index in [1.165, 1.54) is 18.5 Å².